The molecule has 0 radical (unpaired) electrons. The number of rotatable bonds is 6. The number of amides is 1. The van der Waals surface area contributed by atoms with Crippen molar-refractivity contribution in [2.24, 2.45) is 5.92 Å². The zero-order chi connectivity index (χ0) is 16.2. The third-order valence-electron chi connectivity index (χ3n) is 4.48. The minimum atomic E-state index is -0.791. The van der Waals surface area contributed by atoms with Crippen molar-refractivity contribution in [1.82, 2.24) is 10.2 Å². The lowest BCUT2D eigenvalue weighted by atomic mass is 10.0. The lowest BCUT2D eigenvalue weighted by molar-refractivity contribution is -0.134. The van der Waals surface area contributed by atoms with Crippen LogP contribution >= 0.6 is 0 Å². The molecule has 23 heavy (non-hydrogen) atoms. The summed E-state index contributed by atoms with van der Waals surface area (Å²) in [6.07, 6.45) is 4.54. The van der Waals surface area contributed by atoms with E-state index in [1.165, 1.54) is 18.9 Å². The van der Waals surface area contributed by atoms with Gasteiger partial charge in [0, 0.05) is 25.2 Å². The zero-order valence-electron chi connectivity index (χ0n) is 13.1. The smallest absolute Gasteiger partial charge is 0.260 e. The van der Waals surface area contributed by atoms with E-state index in [0.29, 0.717) is 19.1 Å². The summed E-state index contributed by atoms with van der Waals surface area (Å²) in [6.45, 7) is 2.25. The number of carbonyl (C=O) groups is 1. The van der Waals surface area contributed by atoms with Crippen molar-refractivity contribution in [2.75, 3.05) is 26.2 Å². The summed E-state index contributed by atoms with van der Waals surface area (Å²) in [5.74, 6) is -0.855. The maximum atomic E-state index is 13.5. The molecule has 1 heterocycles. The van der Waals surface area contributed by atoms with E-state index < -0.39 is 11.6 Å². The van der Waals surface area contributed by atoms with Crippen molar-refractivity contribution < 1.29 is 18.3 Å². The molecule has 1 aromatic rings. The maximum Gasteiger partial charge on any atom is 0.260 e. The molecule has 1 aromatic carbocycles. The van der Waals surface area contributed by atoms with E-state index in [9.17, 15) is 13.6 Å². The summed E-state index contributed by atoms with van der Waals surface area (Å²) in [7, 11) is 0. The fourth-order valence-corrected chi connectivity index (χ4v) is 2.81. The molecule has 2 fully saturated rings. The summed E-state index contributed by atoms with van der Waals surface area (Å²) in [4.78, 5) is 13.9. The highest BCUT2D eigenvalue weighted by molar-refractivity contribution is 5.77. The van der Waals surface area contributed by atoms with Gasteiger partial charge in [-0.2, -0.15) is 0 Å². The quantitative estimate of drug-likeness (QED) is 0.873. The molecule has 1 N–H and O–H groups in total. The molecule has 1 amide bonds. The molecule has 2 aliphatic rings. The first-order valence-electron chi connectivity index (χ1n) is 8.21. The van der Waals surface area contributed by atoms with Crippen molar-refractivity contribution >= 4 is 5.91 Å². The molecular formula is C17H22F2N2O2. The van der Waals surface area contributed by atoms with Crippen molar-refractivity contribution in [1.29, 1.82) is 0 Å². The first-order chi connectivity index (χ1) is 11.1. The molecule has 6 heteroatoms. The van der Waals surface area contributed by atoms with Gasteiger partial charge in [-0.05, 0) is 50.3 Å². The summed E-state index contributed by atoms with van der Waals surface area (Å²) in [5.41, 5.74) is 0. The van der Waals surface area contributed by atoms with Crippen molar-refractivity contribution in [3.8, 4) is 5.75 Å². The Bertz CT molecular complexity index is 556. The van der Waals surface area contributed by atoms with E-state index in [1.807, 2.05) is 0 Å². The topological polar surface area (TPSA) is 41.6 Å². The molecule has 0 atom stereocenters. The van der Waals surface area contributed by atoms with Crippen molar-refractivity contribution in [3.05, 3.63) is 29.8 Å². The first kappa shape index (κ1) is 16.2. The Labute approximate surface area is 134 Å². The molecule has 1 saturated carbocycles. The summed E-state index contributed by atoms with van der Waals surface area (Å²) >= 11 is 0. The maximum absolute atomic E-state index is 13.5. The molecule has 1 aliphatic carbocycles. The number of hydrogen-bond acceptors (Lipinski definition) is 3. The zero-order valence-corrected chi connectivity index (χ0v) is 13.1. The van der Waals surface area contributed by atoms with E-state index >= 15 is 0 Å². The molecule has 3 rings (SSSR count). The molecule has 0 aromatic heterocycles. The van der Waals surface area contributed by atoms with Crippen LogP contribution in [0, 0.1) is 17.6 Å². The van der Waals surface area contributed by atoms with E-state index in [0.717, 1.165) is 37.4 Å². The second kappa shape index (κ2) is 7.25. The van der Waals surface area contributed by atoms with Crippen LogP contribution in [0.5, 0.6) is 5.75 Å². The third-order valence-corrected chi connectivity index (χ3v) is 4.48. The second-order valence-electron chi connectivity index (χ2n) is 6.37. The van der Waals surface area contributed by atoms with Crippen LogP contribution in [0.1, 0.15) is 25.7 Å². The summed E-state index contributed by atoms with van der Waals surface area (Å²) in [6, 6.07) is 3.54. The van der Waals surface area contributed by atoms with Gasteiger partial charge in [-0.3, -0.25) is 4.79 Å². The number of likely N-dealkylation sites (tertiary alicyclic amines) is 1. The number of halogens is 2. The van der Waals surface area contributed by atoms with Crippen molar-refractivity contribution in [3.63, 3.8) is 0 Å². The van der Waals surface area contributed by atoms with Gasteiger partial charge in [-0.25, -0.2) is 8.78 Å². The van der Waals surface area contributed by atoms with Gasteiger partial charge in [-0.15, -0.1) is 0 Å². The Morgan fingerprint density at radius 3 is 2.61 bits per heavy atom. The minimum absolute atomic E-state index is 0.0965. The molecule has 0 spiro atoms. The molecule has 0 unspecified atom stereocenters. The Morgan fingerprint density at radius 1 is 1.22 bits per heavy atom. The molecule has 1 aliphatic heterocycles. The van der Waals surface area contributed by atoms with E-state index in [1.54, 1.807) is 4.90 Å². The van der Waals surface area contributed by atoms with Gasteiger partial charge in [0.1, 0.15) is 5.82 Å². The molecule has 126 valence electrons. The minimum Gasteiger partial charge on any atom is -0.481 e. The van der Waals surface area contributed by atoms with Crippen LogP contribution < -0.4 is 10.1 Å². The molecule has 1 saturated heterocycles. The Hall–Kier alpha value is -1.69. The number of nitrogens with zero attached hydrogens (tertiary/aromatic N) is 1. The van der Waals surface area contributed by atoms with Gasteiger partial charge >= 0.3 is 0 Å². The second-order valence-corrected chi connectivity index (χ2v) is 6.37. The summed E-state index contributed by atoms with van der Waals surface area (Å²) in [5, 5.41) is 3.56. The van der Waals surface area contributed by atoms with E-state index in [4.69, 9.17) is 4.74 Å². The summed E-state index contributed by atoms with van der Waals surface area (Å²) < 4.78 is 31.4. The standard InChI is InChI=1S/C17H22F2N2O2/c18-13-3-4-16(15(19)9-13)23-11-17(22)21-7-5-14(6-8-21)20-10-12-1-2-12/h3-4,9,12,14,20H,1-2,5-8,10-11H2. The van der Waals surface area contributed by atoms with Gasteiger partial charge in [0.15, 0.2) is 18.2 Å². The number of carbonyl (C=O) groups excluding carboxylic acids is 1. The lowest BCUT2D eigenvalue weighted by Crippen LogP contribution is -2.46. The number of hydrogen-bond donors (Lipinski definition) is 1. The van der Waals surface area contributed by atoms with Gasteiger partial charge in [-0.1, -0.05) is 0 Å². The van der Waals surface area contributed by atoms with Crippen LogP contribution in [-0.4, -0.2) is 43.1 Å². The Kier molecular flexibility index (Phi) is 5.10. The number of ether oxygens (including phenoxy) is 1. The Balaban J connectivity index is 1.40. The highest BCUT2D eigenvalue weighted by Crippen LogP contribution is 2.28. The van der Waals surface area contributed by atoms with Gasteiger partial charge < -0.3 is 15.0 Å². The predicted octanol–water partition coefficient (Wildman–Crippen LogP) is 2.33. The third kappa shape index (κ3) is 4.64. The fourth-order valence-electron chi connectivity index (χ4n) is 2.81. The number of benzene rings is 1. The number of piperidine rings is 1. The van der Waals surface area contributed by atoms with Crippen LogP contribution in [0.2, 0.25) is 0 Å². The molecular weight excluding hydrogens is 302 g/mol. The van der Waals surface area contributed by atoms with Crippen molar-refractivity contribution in [2.45, 2.75) is 31.7 Å². The van der Waals surface area contributed by atoms with Gasteiger partial charge in [0.2, 0.25) is 0 Å². The van der Waals surface area contributed by atoms with Crippen LogP contribution in [-0.2, 0) is 4.79 Å². The first-order valence-corrected chi connectivity index (χ1v) is 8.21. The largest absolute Gasteiger partial charge is 0.481 e. The van der Waals surface area contributed by atoms with Gasteiger partial charge in [0.05, 0.1) is 0 Å². The SMILES string of the molecule is O=C(COc1ccc(F)cc1F)N1CCC(NCC2CC2)CC1. The van der Waals surface area contributed by atoms with Crippen LogP contribution in [0.15, 0.2) is 18.2 Å². The highest BCUT2D eigenvalue weighted by atomic mass is 19.1. The average molecular weight is 324 g/mol. The normalized spacial score (nSPS) is 19.0. The van der Waals surface area contributed by atoms with E-state index in [-0.39, 0.29) is 18.3 Å². The highest BCUT2D eigenvalue weighted by Gasteiger charge is 2.26. The van der Waals surface area contributed by atoms with Gasteiger partial charge in [0.25, 0.3) is 5.91 Å². The average Bonchev–Trinajstić information content (AvgIpc) is 3.37. The molecule has 0 bridgehead atoms. The Morgan fingerprint density at radius 2 is 1.96 bits per heavy atom. The molecule has 4 nitrogen and oxygen atoms in total. The number of nitrogens with one attached hydrogen (secondary N) is 1. The lowest BCUT2D eigenvalue weighted by Gasteiger charge is -2.32. The predicted molar refractivity (Wildman–Crippen MR) is 82.2 cm³/mol. The fraction of sp³-hybridized carbons (Fsp3) is 0.588. The van der Waals surface area contributed by atoms with Crippen LogP contribution in [0.25, 0.3) is 0 Å². The monoisotopic (exact) mass is 324 g/mol. The van der Waals surface area contributed by atoms with E-state index in [2.05, 4.69) is 5.32 Å². The van der Waals surface area contributed by atoms with Crippen LogP contribution in [0.4, 0.5) is 8.78 Å². The van der Waals surface area contributed by atoms with Crippen LogP contribution in [0.3, 0.4) is 0 Å².